The molecule has 1 aromatic heterocycles. The third kappa shape index (κ3) is 3.69. The molecular weight excluding hydrogens is 304 g/mol. The van der Waals surface area contributed by atoms with Crippen molar-refractivity contribution >= 4 is 5.97 Å². The molecule has 0 radical (unpaired) electrons. The first-order valence-corrected chi connectivity index (χ1v) is 8.97. The van der Waals surface area contributed by atoms with Crippen molar-refractivity contribution in [2.24, 2.45) is 11.8 Å². The zero-order chi connectivity index (χ0) is 17.1. The van der Waals surface area contributed by atoms with Crippen LogP contribution in [0.3, 0.4) is 0 Å². The maximum atomic E-state index is 11.5. The molecule has 0 spiro atoms. The maximum absolute atomic E-state index is 11.5. The molecule has 1 aliphatic heterocycles. The fourth-order valence-corrected chi connectivity index (χ4v) is 4.00. The Kier molecular flexibility index (Phi) is 5.33. The van der Waals surface area contributed by atoms with Gasteiger partial charge in [0, 0.05) is 19.6 Å². The number of esters is 1. The number of rotatable bonds is 4. The number of hydrogen-bond donors (Lipinski definition) is 0. The van der Waals surface area contributed by atoms with E-state index in [2.05, 4.69) is 35.1 Å². The highest BCUT2D eigenvalue weighted by Gasteiger charge is 2.28. The average molecular weight is 332 g/mol. The number of ether oxygens (including phenoxy) is 1. The van der Waals surface area contributed by atoms with Crippen LogP contribution in [-0.2, 0) is 4.74 Å². The van der Waals surface area contributed by atoms with Gasteiger partial charge in [0.25, 0.3) is 0 Å². The summed E-state index contributed by atoms with van der Waals surface area (Å²) in [6.07, 6.45) is 8.78. The summed E-state index contributed by atoms with van der Waals surface area (Å²) in [6, 6.07) is 0.326. The van der Waals surface area contributed by atoms with E-state index in [1.54, 1.807) is 11.8 Å². The largest absolute Gasteiger partial charge is 0.464 e. The SMILES string of the molecule is COC(=O)c1cn(C2CCN(C[C@H]3C(C)=CCC[C@H]3C)CC2)nn1. The lowest BCUT2D eigenvalue weighted by atomic mass is 9.79. The zero-order valence-corrected chi connectivity index (χ0v) is 14.9. The summed E-state index contributed by atoms with van der Waals surface area (Å²) in [5.74, 6) is 1.06. The van der Waals surface area contributed by atoms with Gasteiger partial charge in [-0.1, -0.05) is 23.8 Å². The highest BCUT2D eigenvalue weighted by atomic mass is 16.5. The van der Waals surface area contributed by atoms with Crippen molar-refractivity contribution in [3.63, 3.8) is 0 Å². The van der Waals surface area contributed by atoms with Crippen LogP contribution in [0.2, 0.25) is 0 Å². The number of allylic oxidation sites excluding steroid dienone is 1. The van der Waals surface area contributed by atoms with Gasteiger partial charge in [-0.15, -0.1) is 5.10 Å². The van der Waals surface area contributed by atoms with Crippen LogP contribution in [-0.4, -0.2) is 52.6 Å². The summed E-state index contributed by atoms with van der Waals surface area (Å²) in [6.45, 7) is 8.00. The third-order valence-corrected chi connectivity index (χ3v) is 5.65. The smallest absolute Gasteiger partial charge is 0.360 e. The monoisotopic (exact) mass is 332 g/mol. The molecule has 0 amide bonds. The summed E-state index contributed by atoms with van der Waals surface area (Å²) in [7, 11) is 1.36. The Hall–Kier alpha value is -1.69. The van der Waals surface area contributed by atoms with E-state index < -0.39 is 5.97 Å². The Morgan fingerprint density at radius 3 is 2.75 bits per heavy atom. The first kappa shape index (κ1) is 17.1. The van der Waals surface area contributed by atoms with Gasteiger partial charge in [0.1, 0.15) is 0 Å². The maximum Gasteiger partial charge on any atom is 0.360 e. The van der Waals surface area contributed by atoms with Gasteiger partial charge >= 0.3 is 5.97 Å². The molecule has 2 heterocycles. The Labute approximate surface area is 143 Å². The summed E-state index contributed by atoms with van der Waals surface area (Å²) in [4.78, 5) is 14.1. The first-order valence-electron chi connectivity index (χ1n) is 8.97. The van der Waals surface area contributed by atoms with Crippen LogP contribution in [0, 0.1) is 11.8 Å². The van der Waals surface area contributed by atoms with Gasteiger partial charge in [0.05, 0.1) is 19.3 Å². The van der Waals surface area contributed by atoms with E-state index >= 15 is 0 Å². The van der Waals surface area contributed by atoms with Gasteiger partial charge < -0.3 is 9.64 Å². The molecule has 1 aromatic rings. The van der Waals surface area contributed by atoms with E-state index in [0.29, 0.717) is 12.0 Å². The molecule has 0 saturated carbocycles. The number of hydrogen-bond acceptors (Lipinski definition) is 5. The molecule has 0 aromatic carbocycles. The van der Waals surface area contributed by atoms with Crippen LogP contribution < -0.4 is 0 Å². The van der Waals surface area contributed by atoms with E-state index in [4.69, 9.17) is 4.74 Å². The number of carbonyl (C=O) groups is 1. The van der Waals surface area contributed by atoms with E-state index in [0.717, 1.165) is 31.8 Å². The summed E-state index contributed by atoms with van der Waals surface area (Å²) in [5, 5.41) is 8.02. The highest BCUT2D eigenvalue weighted by molar-refractivity contribution is 5.86. The van der Waals surface area contributed by atoms with Gasteiger partial charge in [-0.2, -0.15) is 0 Å². The zero-order valence-electron chi connectivity index (χ0n) is 14.9. The minimum Gasteiger partial charge on any atom is -0.464 e. The molecule has 2 atom stereocenters. The lowest BCUT2D eigenvalue weighted by Gasteiger charge is -2.37. The molecule has 0 N–H and O–H groups in total. The Balaban J connectivity index is 1.54. The minimum absolute atomic E-state index is 0.289. The van der Waals surface area contributed by atoms with Crippen LogP contribution in [0.1, 0.15) is 56.1 Å². The second-order valence-electron chi connectivity index (χ2n) is 7.22. The van der Waals surface area contributed by atoms with Crippen molar-refractivity contribution in [1.82, 2.24) is 19.9 Å². The minimum atomic E-state index is -0.424. The van der Waals surface area contributed by atoms with Crippen molar-refractivity contribution in [2.45, 2.75) is 45.6 Å². The number of carbonyl (C=O) groups excluding carboxylic acids is 1. The topological polar surface area (TPSA) is 60.2 Å². The molecule has 1 fully saturated rings. The lowest BCUT2D eigenvalue weighted by molar-refractivity contribution is 0.0594. The number of aromatic nitrogens is 3. The third-order valence-electron chi connectivity index (χ3n) is 5.65. The number of nitrogens with zero attached hydrogens (tertiary/aromatic N) is 4. The van der Waals surface area contributed by atoms with E-state index in [1.165, 1.54) is 26.5 Å². The van der Waals surface area contributed by atoms with Crippen molar-refractivity contribution in [1.29, 1.82) is 0 Å². The molecule has 132 valence electrons. The fourth-order valence-electron chi connectivity index (χ4n) is 4.00. The molecule has 6 heteroatoms. The van der Waals surface area contributed by atoms with Crippen LogP contribution in [0.25, 0.3) is 0 Å². The van der Waals surface area contributed by atoms with Crippen LogP contribution in [0.15, 0.2) is 17.8 Å². The lowest BCUT2D eigenvalue weighted by Crippen LogP contribution is -2.40. The Morgan fingerprint density at radius 1 is 1.33 bits per heavy atom. The molecule has 6 nitrogen and oxygen atoms in total. The summed E-state index contributed by atoms with van der Waals surface area (Å²) < 4.78 is 6.52. The fraction of sp³-hybridized carbons (Fsp3) is 0.722. The quantitative estimate of drug-likeness (QED) is 0.627. The predicted octanol–water partition coefficient (Wildman–Crippen LogP) is 2.69. The molecular formula is C18H28N4O2. The molecule has 0 unspecified atom stereocenters. The van der Waals surface area contributed by atoms with Gasteiger partial charge in [0.15, 0.2) is 5.69 Å². The molecule has 3 rings (SSSR count). The number of likely N-dealkylation sites (tertiary alicyclic amines) is 1. The number of methoxy groups -OCH3 is 1. The van der Waals surface area contributed by atoms with E-state index in [-0.39, 0.29) is 5.69 Å². The van der Waals surface area contributed by atoms with Crippen LogP contribution >= 0.6 is 0 Å². The van der Waals surface area contributed by atoms with Gasteiger partial charge in [0.2, 0.25) is 0 Å². The average Bonchev–Trinajstić information content (AvgIpc) is 3.08. The molecule has 2 aliphatic rings. The molecule has 0 bridgehead atoms. The van der Waals surface area contributed by atoms with Crippen LogP contribution in [0.4, 0.5) is 0 Å². The summed E-state index contributed by atoms with van der Waals surface area (Å²) in [5.41, 5.74) is 1.85. The number of piperidine rings is 1. The van der Waals surface area contributed by atoms with E-state index in [9.17, 15) is 4.79 Å². The second-order valence-corrected chi connectivity index (χ2v) is 7.22. The van der Waals surface area contributed by atoms with E-state index in [1.807, 2.05) is 4.68 Å². The van der Waals surface area contributed by atoms with Gasteiger partial charge in [-0.3, -0.25) is 0 Å². The van der Waals surface area contributed by atoms with Crippen LogP contribution in [0.5, 0.6) is 0 Å². The highest BCUT2D eigenvalue weighted by Crippen LogP contribution is 2.32. The van der Waals surface area contributed by atoms with Crippen molar-refractivity contribution in [2.75, 3.05) is 26.7 Å². The molecule has 24 heavy (non-hydrogen) atoms. The summed E-state index contributed by atoms with van der Waals surface area (Å²) >= 11 is 0. The van der Waals surface area contributed by atoms with Gasteiger partial charge in [-0.05, 0) is 44.4 Å². The van der Waals surface area contributed by atoms with Crippen molar-refractivity contribution in [3.8, 4) is 0 Å². The standard InChI is InChI=1S/C18H28N4O2/c1-13-5-4-6-14(2)16(13)11-21-9-7-15(8-10-21)22-12-17(19-20-22)18(23)24-3/h5,12,14-16H,4,6-11H2,1-3H3/t14-,16+/m1/s1. The van der Waals surface area contributed by atoms with Crippen molar-refractivity contribution in [3.05, 3.63) is 23.5 Å². The Bertz CT molecular complexity index is 602. The van der Waals surface area contributed by atoms with Crippen molar-refractivity contribution < 1.29 is 9.53 Å². The molecule has 1 aliphatic carbocycles. The first-order chi connectivity index (χ1) is 11.6. The Morgan fingerprint density at radius 2 is 2.08 bits per heavy atom. The normalized spacial score (nSPS) is 26.2. The van der Waals surface area contributed by atoms with Gasteiger partial charge in [-0.25, -0.2) is 9.48 Å². The second kappa shape index (κ2) is 7.47. The predicted molar refractivity (Wildman–Crippen MR) is 91.7 cm³/mol. The molecule has 1 saturated heterocycles.